The molecule has 22 heavy (non-hydrogen) atoms. The predicted molar refractivity (Wildman–Crippen MR) is 90.2 cm³/mol. The first kappa shape index (κ1) is 14.6. The van der Waals surface area contributed by atoms with Gasteiger partial charge < -0.3 is 15.7 Å². The number of carbonyl (C=O) groups is 1. The van der Waals surface area contributed by atoms with E-state index in [0.717, 1.165) is 22.0 Å². The van der Waals surface area contributed by atoms with Crippen LogP contribution in [0.15, 0.2) is 59.3 Å². The average Bonchev–Trinajstić information content (AvgIpc) is 3.05. The van der Waals surface area contributed by atoms with Gasteiger partial charge in [-0.15, -0.1) is 0 Å². The van der Waals surface area contributed by atoms with Crippen molar-refractivity contribution in [2.75, 3.05) is 11.9 Å². The molecule has 0 bridgehead atoms. The number of aliphatic hydroxyl groups is 1. The summed E-state index contributed by atoms with van der Waals surface area (Å²) < 4.78 is 0. The van der Waals surface area contributed by atoms with Crippen molar-refractivity contribution >= 4 is 33.8 Å². The molecule has 5 heteroatoms. The van der Waals surface area contributed by atoms with Crippen LogP contribution in [0.1, 0.15) is 11.7 Å². The molecular weight excluding hydrogens is 296 g/mol. The molecule has 112 valence electrons. The summed E-state index contributed by atoms with van der Waals surface area (Å²) in [5.41, 5.74) is 1.54. The fourth-order valence-corrected chi connectivity index (χ4v) is 2.82. The highest BCUT2D eigenvalue weighted by atomic mass is 32.1. The van der Waals surface area contributed by atoms with Crippen LogP contribution in [0.5, 0.6) is 0 Å². The van der Waals surface area contributed by atoms with E-state index in [4.69, 9.17) is 0 Å². The largest absolute Gasteiger partial charge is 0.387 e. The van der Waals surface area contributed by atoms with Gasteiger partial charge in [0.25, 0.3) is 0 Å². The summed E-state index contributed by atoms with van der Waals surface area (Å²) in [4.78, 5) is 11.7. The number of carbonyl (C=O) groups excluding carboxylic acids is 1. The zero-order valence-corrected chi connectivity index (χ0v) is 12.6. The van der Waals surface area contributed by atoms with E-state index in [2.05, 4.69) is 10.6 Å². The van der Waals surface area contributed by atoms with E-state index >= 15 is 0 Å². The monoisotopic (exact) mass is 312 g/mol. The zero-order chi connectivity index (χ0) is 15.4. The van der Waals surface area contributed by atoms with Crippen molar-refractivity contribution in [3.8, 4) is 0 Å². The number of anilines is 1. The van der Waals surface area contributed by atoms with Crippen molar-refractivity contribution in [1.29, 1.82) is 0 Å². The molecule has 0 saturated carbocycles. The average molecular weight is 312 g/mol. The molecular formula is C17H16N2O2S. The van der Waals surface area contributed by atoms with Crippen LogP contribution in [0, 0.1) is 0 Å². The summed E-state index contributed by atoms with van der Waals surface area (Å²) in [6.07, 6.45) is -0.738. The van der Waals surface area contributed by atoms with Crippen molar-refractivity contribution < 1.29 is 9.90 Å². The molecule has 1 atom stereocenters. The lowest BCUT2D eigenvalue weighted by molar-refractivity contribution is 0.175. The molecule has 1 heterocycles. The van der Waals surface area contributed by atoms with Gasteiger partial charge in [-0.2, -0.15) is 11.3 Å². The first-order chi connectivity index (χ1) is 10.7. The van der Waals surface area contributed by atoms with Gasteiger partial charge in [-0.25, -0.2) is 4.79 Å². The third-order valence-corrected chi connectivity index (χ3v) is 4.08. The maximum atomic E-state index is 11.7. The molecule has 1 unspecified atom stereocenters. The maximum Gasteiger partial charge on any atom is 0.319 e. The normalized spacial score (nSPS) is 12.0. The van der Waals surface area contributed by atoms with Crippen LogP contribution in [0.3, 0.4) is 0 Å². The number of aliphatic hydroxyl groups excluding tert-OH is 1. The number of thiophene rings is 1. The number of hydrogen-bond donors (Lipinski definition) is 3. The summed E-state index contributed by atoms with van der Waals surface area (Å²) in [6, 6.07) is 15.3. The fraction of sp³-hybridized carbons (Fsp3) is 0.118. The number of benzene rings is 2. The minimum Gasteiger partial charge on any atom is -0.387 e. The van der Waals surface area contributed by atoms with Crippen LogP contribution < -0.4 is 10.6 Å². The lowest BCUT2D eigenvalue weighted by Gasteiger charge is -2.13. The van der Waals surface area contributed by atoms with E-state index in [1.807, 2.05) is 59.3 Å². The summed E-state index contributed by atoms with van der Waals surface area (Å²) >= 11 is 1.51. The first-order valence-corrected chi connectivity index (χ1v) is 7.90. The Morgan fingerprint density at radius 2 is 1.95 bits per heavy atom. The van der Waals surface area contributed by atoms with Crippen LogP contribution >= 0.6 is 11.3 Å². The smallest absolute Gasteiger partial charge is 0.319 e. The minimum atomic E-state index is -0.738. The van der Waals surface area contributed by atoms with Gasteiger partial charge in [-0.1, -0.05) is 36.4 Å². The van der Waals surface area contributed by atoms with Crippen LogP contribution in [0.25, 0.3) is 10.8 Å². The number of amides is 2. The number of urea groups is 1. The fourth-order valence-electron chi connectivity index (χ4n) is 2.23. The standard InChI is InChI=1S/C17H16N2O2S/c20-16(10-18-17(21)19-15-7-8-22-11-15)14-6-5-12-3-1-2-4-13(12)9-14/h1-9,11,16,20H,10H2,(H2,18,19,21). The van der Waals surface area contributed by atoms with Crippen molar-refractivity contribution in [1.82, 2.24) is 5.32 Å². The highest BCUT2D eigenvalue weighted by Gasteiger charge is 2.10. The number of rotatable bonds is 4. The van der Waals surface area contributed by atoms with Crippen LogP contribution in [0.2, 0.25) is 0 Å². The quantitative estimate of drug-likeness (QED) is 0.687. The third-order valence-electron chi connectivity index (χ3n) is 3.39. The Hall–Kier alpha value is -2.37. The summed E-state index contributed by atoms with van der Waals surface area (Å²) in [6.45, 7) is 0.161. The molecule has 0 aliphatic heterocycles. The summed E-state index contributed by atoms with van der Waals surface area (Å²) in [5, 5.41) is 21.5. The molecule has 2 amide bonds. The van der Waals surface area contributed by atoms with Crippen molar-refractivity contribution in [2.24, 2.45) is 0 Å². The minimum absolute atomic E-state index is 0.161. The summed E-state index contributed by atoms with van der Waals surface area (Å²) in [7, 11) is 0. The second-order valence-electron chi connectivity index (χ2n) is 4.97. The number of fused-ring (bicyclic) bond motifs is 1. The van der Waals surface area contributed by atoms with Crippen LogP contribution in [-0.4, -0.2) is 17.7 Å². The molecule has 4 nitrogen and oxygen atoms in total. The van der Waals surface area contributed by atoms with Gasteiger partial charge in [0, 0.05) is 11.9 Å². The summed E-state index contributed by atoms with van der Waals surface area (Å²) in [5.74, 6) is 0. The van der Waals surface area contributed by atoms with Crippen molar-refractivity contribution in [3.05, 3.63) is 64.9 Å². The Bertz CT molecular complexity index is 771. The molecule has 0 aliphatic rings. The van der Waals surface area contributed by atoms with E-state index in [9.17, 15) is 9.90 Å². The van der Waals surface area contributed by atoms with Crippen LogP contribution in [-0.2, 0) is 0 Å². The lowest BCUT2D eigenvalue weighted by Crippen LogP contribution is -2.32. The van der Waals surface area contributed by atoms with Gasteiger partial charge >= 0.3 is 6.03 Å². The van der Waals surface area contributed by atoms with Crippen molar-refractivity contribution in [2.45, 2.75) is 6.10 Å². The number of nitrogens with one attached hydrogen (secondary N) is 2. The highest BCUT2D eigenvalue weighted by molar-refractivity contribution is 7.08. The van der Waals surface area contributed by atoms with Gasteiger partial charge in [0.1, 0.15) is 0 Å². The van der Waals surface area contributed by atoms with E-state index in [-0.39, 0.29) is 12.6 Å². The predicted octanol–water partition coefficient (Wildman–Crippen LogP) is 3.76. The molecule has 3 aromatic rings. The molecule has 2 aromatic carbocycles. The second kappa shape index (κ2) is 6.60. The Labute approximate surface area is 132 Å². The highest BCUT2D eigenvalue weighted by Crippen LogP contribution is 2.20. The SMILES string of the molecule is O=C(NCC(O)c1ccc2ccccc2c1)Nc1ccsc1. The molecule has 0 radical (unpaired) electrons. The number of hydrogen-bond acceptors (Lipinski definition) is 3. The van der Waals surface area contributed by atoms with Gasteiger partial charge in [0.15, 0.2) is 0 Å². The Balaban J connectivity index is 1.60. The van der Waals surface area contributed by atoms with Gasteiger partial charge in [0.2, 0.25) is 0 Å². The van der Waals surface area contributed by atoms with Crippen molar-refractivity contribution in [3.63, 3.8) is 0 Å². The Morgan fingerprint density at radius 3 is 2.73 bits per heavy atom. The van der Waals surface area contributed by atoms with E-state index < -0.39 is 6.10 Å². The topological polar surface area (TPSA) is 61.4 Å². The zero-order valence-electron chi connectivity index (χ0n) is 11.8. The van der Waals surface area contributed by atoms with Gasteiger partial charge in [-0.3, -0.25) is 0 Å². The van der Waals surface area contributed by atoms with Crippen LogP contribution in [0.4, 0.5) is 10.5 Å². The van der Waals surface area contributed by atoms with E-state index in [0.29, 0.717) is 0 Å². The lowest BCUT2D eigenvalue weighted by atomic mass is 10.0. The Morgan fingerprint density at radius 1 is 1.14 bits per heavy atom. The molecule has 0 spiro atoms. The molecule has 3 N–H and O–H groups in total. The third kappa shape index (κ3) is 3.44. The van der Waals surface area contributed by atoms with Gasteiger partial charge in [-0.05, 0) is 33.8 Å². The second-order valence-corrected chi connectivity index (χ2v) is 5.75. The first-order valence-electron chi connectivity index (χ1n) is 6.96. The van der Waals surface area contributed by atoms with E-state index in [1.165, 1.54) is 11.3 Å². The molecule has 3 rings (SSSR count). The molecule has 1 aromatic heterocycles. The maximum absolute atomic E-state index is 11.7. The molecule has 0 fully saturated rings. The Kier molecular flexibility index (Phi) is 4.37. The van der Waals surface area contributed by atoms with E-state index in [1.54, 1.807) is 0 Å². The van der Waals surface area contributed by atoms with Gasteiger partial charge in [0.05, 0.1) is 11.8 Å². The molecule has 0 aliphatic carbocycles. The molecule has 0 saturated heterocycles.